The summed E-state index contributed by atoms with van der Waals surface area (Å²) in [4.78, 5) is 0. The molecule has 0 atom stereocenters. The molecular weight excluding hydrogens is 270 g/mol. The van der Waals surface area contributed by atoms with Crippen molar-refractivity contribution in [1.29, 1.82) is 0 Å². The highest BCUT2D eigenvalue weighted by molar-refractivity contribution is 9.10. The Kier molecular flexibility index (Phi) is 3.11. The van der Waals surface area contributed by atoms with E-state index in [1.165, 1.54) is 0 Å². The van der Waals surface area contributed by atoms with Gasteiger partial charge in [0.15, 0.2) is 0 Å². The van der Waals surface area contributed by atoms with E-state index in [4.69, 9.17) is 5.73 Å². The molecule has 0 aliphatic carbocycles. The number of aromatic nitrogens is 4. The largest absolute Gasteiger partial charge is 0.325 e. The average Bonchev–Trinajstić information content (AvgIpc) is 2.80. The molecule has 0 fully saturated rings. The van der Waals surface area contributed by atoms with Gasteiger partial charge in [0.1, 0.15) is 0 Å². The quantitative estimate of drug-likeness (QED) is 0.921. The fourth-order valence-corrected chi connectivity index (χ4v) is 2.07. The summed E-state index contributed by atoms with van der Waals surface area (Å²) < 4.78 is 4.77. The topological polar surface area (TPSA) is 61.7 Å². The Hall–Kier alpha value is -1.14. The second-order valence-corrected chi connectivity index (χ2v) is 4.47. The van der Waals surface area contributed by atoms with Crippen molar-refractivity contribution in [2.45, 2.75) is 20.0 Å². The monoisotopic (exact) mass is 283 g/mol. The van der Waals surface area contributed by atoms with Crippen molar-refractivity contribution in [2.75, 3.05) is 0 Å². The van der Waals surface area contributed by atoms with E-state index in [0.29, 0.717) is 13.1 Å². The lowest BCUT2D eigenvalue weighted by Crippen LogP contribution is -2.07. The molecule has 2 aromatic heterocycles. The summed E-state index contributed by atoms with van der Waals surface area (Å²) >= 11 is 3.53. The molecule has 0 saturated carbocycles. The number of halogens is 1. The van der Waals surface area contributed by atoms with Crippen molar-refractivity contribution < 1.29 is 0 Å². The van der Waals surface area contributed by atoms with Gasteiger partial charge in [0, 0.05) is 19.8 Å². The minimum absolute atomic E-state index is 0.471. The molecule has 0 unspecified atom stereocenters. The zero-order chi connectivity index (χ0) is 11.7. The highest BCUT2D eigenvalue weighted by Gasteiger charge is 2.11. The van der Waals surface area contributed by atoms with Crippen molar-refractivity contribution in [2.24, 2.45) is 12.8 Å². The molecule has 0 spiro atoms. The first-order valence-electron chi connectivity index (χ1n) is 5.02. The predicted molar refractivity (Wildman–Crippen MR) is 64.9 cm³/mol. The van der Waals surface area contributed by atoms with E-state index in [-0.39, 0.29) is 0 Å². The van der Waals surface area contributed by atoms with Gasteiger partial charge in [-0.1, -0.05) is 0 Å². The SMILES string of the molecule is Cc1nn(C)c(Cn2ccc(CN)n2)c1Br. The van der Waals surface area contributed by atoms with Crippen LogP contribution < -0.4 is 5.73 Å². The van der Waals surface area contributed by atoms with Gasteiger partial charge in [0.05, 0.1) is 28.1 Å². The van der Waals surface area contributed by atoms with Crippen LogP contribution in [0.1, 0.15) is 17.1 Å². The third-order valence-corrected chi connectivity index (χ3v) is 3.51. The van der Waals surface area contributed by atoms with Crippen molar-refractivity contribution >= 4 is 15.9 Å². The standard InChI is InChI=1S/C10H14BrN5/c1-7-10(11)9(15(2)13-7)6-16-4-3-8(5-12)14-16/h3-4H,5-6,12H2,1-2H3. The molecule has 0 amide bonds. The maximum Gasteiger partial charge on any atom is 0.0839 e. The molecule has 2 heterocycles. The van der Waals surface area contributed by atoms with Crippen LogP contribution in [0.2, 0.25) is 0 Å². The number of hydrogen-bond acceptors (Lipinski definition) is 3. The lowest BCUT2D eigenvalue weighted by atomic mass is 10.3. The van der Waals surface area contributed by atoms with Crippen LogP contribution in [-0.2, 0) is 20.1 Å². The molecule has 2 rings (SSSR count). The molecular formula is C10H14BrN5. The Bertz CT molecular complexity index is 499. The molecule has 0 saturated heterocycles. The average molecular weight is 284 g/mol. The van der Waals surface area contributed by atoms with Gasteiger partial charge >= 0.3 is 0 Å². The van der Waals surface area contributed by atoms with Crippen molar-refractivity contribution in [3.63, 3.8) is 0 Å². The van der Waals surface area contributed by atoms with Gasteiger partial charge in [-0.2, -0.15) is 10.2 Å². The lowest BCUT2D eigenvalue weighted by Gasteiger charge is -2.03. The normalized spacial score (nSPS) is 11.0. The fourth-order valence-electron chi connectivity index (χ4n) is 1.61. The van der Waals surface area contributed by atoms with Gasteiger partial charge in [0.25, 0.3) is 0 Å². The van der Waals surface area contributed by atoms with E-state index in [1.54, 1.807) is 0 Å². The Balaban J connectivity index is 2.26. The van der Waals surface area contributed by atoms with Gasteiger partial charge < -0.3 is 5.73 Å². The number of rotatable bonds is 3. The van der Waals surface area contributed by atoms with Crippen LogP contribution in [0.15, 0.2) is 16.7 Å². The first-order chi connectivity index (χ1) is 7.61. The smallest absolute Gasteiger partial charge is 0.0839 e. The minimum atomic E-state index is 0.471. The predicted octanol–water partition coefficient (Wildman–Crippen LogP) is 1.19. The summed E-state index contributed by atoms with van der Waals surface area (Å²) in [6, 6.07) is 1.93. The van der Waals surface area contributed by atoms with Gasteiger partial charge in [-0.25, -0.2) is 0 Å². The van der Waals surface area contributed by atoms with Gasteiger partial charge in [0.2, 0.25) is 0 Å². The highest BCUT2D eigenvalue weighted by atomic mass is 79.9. The molecule has 0 bridgehead atoms. The Morgan fingerprint density at radius 3 is 2.69 bits per heavy atom. The van der Waals surface area contributed by atoms with Gasteiger partial charge in [-0.3, -0.25) is 9.36 Å². The van der Waals surface area contributed by atoms with Crippen LogP contribution >= 0.6 is 15.9 Å². The molecule has 86 valence electrons. The first-order valence-corrected chi connectivity index (χ1v) is 5.81. The molecule has 5 nitrogen and oxygen atoms in total. The maximum atomic E-state index is 5.52. The summed E-state index contributed by atoms with van der Waals surface area (Å²) in [5.74, 6) is 0. The molecule has 0 aromatic carbocycles. The minimum Gasteiger partial charge on any atom is -0.325 e. The second kappa shape index (κ2) is 4.39. The summed E-state index contributed by atoms with van der Waals surface area (Å²) in [5, 5.41) is 8.68. The van der Waals surface area contributed by atoms with E-state index >= 15 is 0 Å². The summed E-state index contributed by atoms with van der Waals surface area (Å²) in [6.45, 7) is 3.14. The molecule has 0 aliphatic rings. The summed E-state index contributed by atoms with van der Waals surface area (Å²) in [5.41, 5.74) is 8.51. The van der Waals surface area contributed by atoms with E-state index in [2.05, 4.69) is 26.1 Å². The molecule has 0 radical (unpaired) electrons. The second-order valence-electron chi connectivity index (χ2n) is 3.68. The van der Waals surface area contributed by atoms with Gasteiger partial charge in [-0.15, -0.1) is 0 Å². The van der Waals surface area contributed by atoms with Crippen LogP contribution in [0.25, 0.3) is 0 Å². The maximum absolute atomic E-state index is 5.52. The van der Waals surface area contributed by atoms with Crippen LogP contribution in [0.4, 0.5) is 0 Å². The van der Waals surface area contributed by atoms with Gasteiger partial charge in [-0.05, 0) is 28.9 Å². The molecule has 2 aromatic rings. The van der Waals surface area contributed by atoms with Crippen molar-refractivity contribution in [3.05, 3.63) is 33.8 Å². The molecule has 16 heavy (non-hydrogen) atoms. The zero-order valence-corrected chi connectivity index (χ0v) is 10.9. The highest BCUT2D eigenvalue weighted by Crippen LogP contribution is 2.20. The Morgan fingerprint density at radius 1 is 1.44 bits per heavy atom. The summed E-state index contributed by atoms with van der Waals surface area (Å²) in [7, 11) is 1.93. The van der Waals surface area contributed by atoms with E-state index in [0.717, 1.165) is 21.6 Å². The van der Waals surface area contributed by atoms with Crippen LogP contribution in [0.3, 0.4) is 0 Å². The Morgan fingerprint density at radius 2 is 2.19 bits per heavy atom. The van der Waals surface area contributed by atoms with Crippen LogP contribution in [0, 0.1) is 6.92 Å². The van der Waals surface area contributed by atoms with Crippen LogP contribution in [0.5, 0.6) is 0 Å². The first kappa shape index (κ1) is 11.3. The van der Waals surface area contributed by atoms with E-state index in [1.807, 2.05) is 35.6 Å². The third-order valence-electron chi connectivity index (χ3n) is 2.48. The van der Waals surface area contributed by atoms with Crippen LogP contribution in [-0.4, -0.2) is 19.6 Å². The fraction of sp³-hybridized carbons (Fsp3) is 0.400. The molecule has 6 heteroatoms. The lowest BCUT2D eigenvalue weighted by molar-refractivity contribution is 0.610. The number of nitrogens with two attached hydrogens (primary N) is 1. The molecule has 0 aliphatic heterocycles. The zero-order valence-electron chi connectivity index (χ0n) is 9.31. The van der Waals surface area contributed by atoms with Crippen molar-refractivity contribution in [3.8, 4) is 0 Å². The van der Waals surface area contributed by atoms with Crippen molar-refractivity contribution in [1.82, 2.24) is 19.6 Å². The van der Waals surface area contributed by atoms with E-state index < -0.39 is 0 Å². The number of nitrogens with zero attached hydrogens (tertiary/aromatic N) is 4. The van der Waals surface area contributed by atoms with E-state index in [9.17, 15) is 0 Å². The number of hydrogen-bond donors (Lipinski definition) is 1. The Labute approximate surface area is 102 Å². The molecule has 2 N–H and O–H groups in total. The third kappa shape index (κ3) is 2.03. The number of aryl methyl sites for hydroxylation is 2. The summed E-state index contributed by atoms with van der Waals surface area (Å²) in [6.07, 6.45) is 1.93.